The number of carbonyl (C=O) groups is 1. The molecule has 3 rings (SSSR count). The maximum atomic E-state index is 14.0. The van der Waals surface area contributed by atoms with E-state index in [1.165, 1.54) is 13.2 Å². The SMILES string of the molecule is COCCOCN(c1onc(C)c1C)S(=O)(=O)c1ccccc1-c1ccc(CC(C)C)cc1C=O. The van der Waals surface area contributed by atoms with E-state index < -0.39 is 10.0 Å². The van der Waals surface area contributed by atoms with Crippen molar-refractivity contribution in [2.45, 2.75) is 39.0 Å². The zero-order valence-corrected chi connectivity index (χ0v) is 21.6. The minimum absolute atomic E-state index is 0.0310. The van der Waals surface area contributed by atoms with Gasteiger partial charge >= 0.3 is 0 Å². The van der Waals surface area contributed by atoms with E-state index in [4.69, 9.17) is 14.0 Å². The number of ether oxygens (including phenoxy) is 2. The quantitative estimate of drug-likeness (QED) is 0.200. The van der Waals surface area contributed by atoms with Crippen molar-refractivity contribution in [2.24, 2.45) is 5.92 Å². The number of anilines is 1. The standard InChI is InChI=1S/C26H32N2O6S/c1-18(2)14-21-10-11-23(22(15-21)16-29)24-8-6-7-9-25(24)35(30,31)28(17-33-13-12-32-5)26-19(3)20(4)27-34-26/h6-11,15-16,18H,12-14,17H2,1-5H3. The molecule has 188 valence electrons. The number of methoxy groups -OCH3 is 1. The summed E-state index contributed by atoms with van der Waals surface area (Å²) in [5.41, 5.74) is 3.58. The van der Waals surface area contributed by atoms with Gasteiger partial charge in [-0.05, 0) is 49.4 Å². The van der Waals surface area contributed by atoms with Crippen LogP contribution in [0.15, 0.2) is 51.9 Å². The molecule has 0 unspecified atom stereocenters. The third-order valence-corrected chi connectivity index (χ3v) is 7.39. The molecule has 2 aromatic carbocycles. The molecule has 0 aliphatic carbocycles. The van der Waals surface area contributed by atoms with Gasteiger partial charge in [-0.15, -0.1) is 0 Å². The minimum atomic E-state index is -4.17. The van der Waals surface area contributed by atoms with Gasteiger partial charge in [0.25, 0.3) is 10.0 Å². The number of aromatic nitrogens is 1. The molecular formula is C26H32N2O6S. The third-order valence-electron chi connectivity index (χ3n) is 5.63. The number of aryl methyl sites for hydroxylation is 1. The Kier molecular flexibility index (Phi) is 8.82. The highest BCUT2D eigenvalue weighted by Gasteiger charge is 2.32. The van der Waals surface area contributed by atoms with Gasteiger partial charge in [0, 0.05) is 23.8 Å². The van der Waals surface area contributed by atoms with E-state index in [0.29, 0.717) is 40.5 Å². The summed E-state index contributed by atoms with van der Waals surface area (Å²) in [6.07, 6.45) is 1.58. The van der Waals surface area contributed by atoms with Gasteiger partial charge in [-0.1, -0.05) is 49.3 Å². The van der Waals surface area contributed by atoms with Crippen molar-refractivity contribution in [1.82, 2.24) is 5.16 Å². The molecule has 0 N–H and O–H groups in total. The molecule has 0 amide bonds. The summed E-state index contributed by atoms with van der Waals surface area (Å²) >= 11 is 0. The Balaban J connectivity index is 2.11. The van der Waals surface area contributed by atoms with E-state index in [-0.39, 0.29) is 24.1 Å². The highest BCUT2D eigenvalue weighted by Crippen LogP contribution is 2.35. The van der Waals surface area contributed by atoms with Crippen molar-refractivity contribution in [2.75, 3.05) is 31.4 Å². The molecule has 8 nitrogen and oxygen atoms in total. The van der Waals surface area contributed by atoms with Crippen molar-refractivity contribution in [3.63, 3.8) is 0 Å². The first-order valence-electron chi connectivity index (χ1n) is 11.4. The predicted octanol–water partition coefficient (Wildman–Crippen LogP) is 4.79. The molecule has 0 aliphatic rings. The van der Waals surface area contributed by atoms with Crippen LogP contribution >= 0.6 is 0 Å². The molecule has 0 fully saturated rings. The van der Waals surface area contributed by atoms with Gasteiger partial charge < -0.3 is 14.0 Å². The molecule has 0 spiro atoms. The van der Waals surface area contributed by atoms with Crippen LogP contribution in [0.2, 0.25) is 0 Å². The van der Waals surface area contributed by atoms with Crippen LogP contribution in [-0.2, 0) is 25.9 Å². The van der Waals surface area contributed by atoms with Crippen LogP contribution in [0.3, 0.4) is 0 Å². The summed E-state index contributed by atoms with van der Waals surface area (Å²) in [6.45, 7) is 7.90. The maximum absolute atomic E-state index is 14.0. The molecule has 0 saturated carbocycles. The Bertz CT molecular complexity index is 1270. The lowest BCUT2D eigenvalue weighted by atomic mass is 9.95. The largest absolute Gasteiger partial charge is 0.382 e. The molecule has 1 heterocycles. The number of rotatable bonds is 12. The number of hydrogen-bond acceptors (Lipinski definition) is 7. The average molecular weight is 501 g/mol. The molecule has 35 heavy (non-hydrogen) atoms. The van der Waals surface area contributed by atoms with Crippen LogP contribution in [0.4, 0.5) is 5.88 Å². The summed E-state index contributed by atoms with van der Waals surface area (Å²) in [5.74, 6) is 0.505. The molecule has 0 saturated heterocycles. The number of benzene rings is 2. The molecule has 3 aromatic rings. The summed E-state index contributed by atoms with van der Waals surface area (Å²) in [7, 11) is -2.63. The van der Waals surface area contributed by atoms with Gasteiger partial charge in [0.2, 0.25) is 5.88 Å². The molecular weight excluding hydrogens is 468 g/mol. The Labute approximate surface area is 206 Å². The first-order chi connectivity index (χ1) is 16.7. The highest BCUT2D eigenvalue weighted by molar-refractivity contribution is 7.93. The number of hydrogen-bond donors (Lipinski definition) is 0. The van der Waals surface area contributed by atoms with Crippen molar-refractivity contribution < 1.29 is 27.2 Å². The van der Waals surface area contributed by atoms with Gasteiger partial charge in [0.15, 0.2) is 6.29 Å². The topological polar surface area (TPSA) is 98.9 Å². The molecule has 1 aromatic heterocycles. The van der Waals surface area contributed by atoms with Gasteiger partial charge in [-0.3, -0.25) is 4.79 Å². The van der Waals surface area contributed by atoms with E-state index in [0.717, 1.165) is 22.6 Å². The zero-order valence-electron chi connectivity index (χ0n) is 20.8. The lowest BCUT2D eigenvalue weighted by molar-refractivity contribution is 0.0744. The molecule has 9 heteroatoms. The smallest absolute Gasteiger partial charge is 0.269 e. The highest BCUT2D eigenvalue weighted by atomic mass is 32.2. The minimum Gasteiger partial charge on any atom is -0.382 e. The predicted molar refractivity (Wildman–Crippen MR) is 134 cm³/mol. The van der Waals surface area contributed by atoms with Crippen LogP contribution < -0.4 is 4.31 Å². The maximum Gasteiger partial charge on any atom is 0.269 e. The molecule has 0 aliphatic heterocycles. The number of sulfonamides is 1. The summed E-state index contributed by atoms with van der Waals surface area (Å²) in [5, 5.41) is 3.92. The third kappa shape index (κ3) is 5.98. The fraction of sp³-hybridized carbons (Fsp3) is 0.385. The van der Waals surface area contributed by atoms with Gasteiger partial charge in [0.05, 0.1) is 23.8 Å². The van der Waals surface area contributed by atoms with E-state index in [1.807, 2.05) is 12.1 Å². The molecule has 0 radical (unpaired) electrons. The first kappa shape index (κ1) is 26.6. The lowest BCUT2D eigenvalue weighted by Gasteiger charge is -2.23. The molecule has 0 bridgehead atoms. The monoisotopic (exact) mass is 500 g/mol. The summed E-state index contributed by atoms with van der Waals surface area (Å²) < 4.78 is 45.0. The van der Waals surface area contributed by atoms with Crippen LogP contribution in [-0.4, -0.2) is 46.9 Å². The van der Waals surface area contributed by atoms with E-state index in [2.05, 4.69) is 19.0 Å². The van der Waals surface area contributed by atoms with E-state index in [9.17, 15) is 13.2 Å². The Hall–Kier alpha value is -3.01. The zero-order chi connectivity index (χ0) is 25.6. The fourth-order valence-electron chi connectivity index (χ4n) is 3.75. The second-order valence-electron chi connectivity index (χ2n) is 8.72. The second-order valence-corrected chi connectivity index (χ2v) is 10.5. The van der Waals surface area contributed by atoms with Crippen molar-refractivity contribution in [3.8, 4) is 11.1 Å². The fourth-order valence-corrected chi connectivity index (χ4v) is 5.29. The Morgan fingerprint density at radius 3 is 2.46 bits per heavy atom. The number of carbonyl (C=O) groups excluding carboxylic acids is 1. The van der Waals surface area contributed by atoms with Gasteiger partial charge in [-0.25, -0.2) is 12.7 Å². The van der Waals surface area contributed by atoms with Crippen LogP contribution in [0.25, 0.3) is 11.1 Å². The normalized spacial score (nSPS) is 11.7. The van der Waals surface area contributed by atoms with E-state index in [1.54, 1.807) is 38.1 Å². The Morgan fingerprint density at radius 2 is 1.83 bits per heavy atom. The van der Waals surface area contributed by atoms with Gasteiger partial charge in [0.1, 0.15) is 6.73 Å². The van der Waals surface area contributed by atoms with Gasteiger partial charge in [-0.2, -0.15) is 0 Å². The van der Waals surface area contributed by atoms with E-state index >= 15 is 0 Å². The molecule has 0 atom stereocenters. The van der Waals surface area contributed by atoms with Crippen molar-refractivity contribution >= 4 is 22.2 Å². The van der Waals surface area contributed by atoms with Crippen LogP contribution in [0, 0.1) is 19.8 Å². The van der Waals surface area contributed by atoms with Crippen LogP contribution in [0.1, 0.15) is 41.0 Å². The Morgan fingerprint density at radius 1 is 1.09 bits per heavy atom. The first-order valence-corrected chi connectivity index (χ1v) is 12.8. The second kappa shape index (κ2) is 11.6. The number of aldehydes is 1. The summed E-state index contributed by atoms with van der Waals surface area (Å²) in [4.78, 5) is 12.0. The summed E-state index contributed by atoms with van der Waals surface area (Å²) in [6, 6.07) is 12.2. The van der Waals surface area contributed by atoms with Crippen LogP contribution in [0.5, 0.6) is 0 Å². The number of nitrogens with zero attached hydrogens (tertiary/aromatic N) is 2. The van der Waals surface area contributed by atoms with Crippen molar-refractivity contribution in [3.05, 3.63) is 64.8 Å². The van der Waals surface area contributed by atoms with Crippen molar-refractivity contribution in [1.29, 1.82) is 0 Å². The average Bonchev–Trinajstić information content (AvgIpc) is 3.16. The lowest BCUT2D eigenvalue weighted by Crippen LogP contribution is -2.34.